The monoisotopic (exact) mass is 491 g/mol. The van der Waals surface area contributed by atoms with Gasteiger partial charge in [-0.15, -0.1) is 0 Å². The first-order chi connectivity index (χ1) is 17.7. The van der Waals surface area contributed by atoms with Crippen LogP contribution in [0.2, 0.25) is 0 Å². The van der Waals surface area contributed by atoms with Crippen LogP contribution in [0.1, 0.15) is 22.3 Å². The van der Waals surface area contributed by atoms with Crippen molar-refractivity contribution in [3.63, 3.8) is 0 Å². The van der Waals surface area contributed by atoms with Gasteiger partial charge in [-0.3, -0.25) is 0 Å². The molecule has 0 N–H and O–H groups in total. The summed E-state index contributed by atoms with van der Waals surface area (Å²) >= 11 is 2.84. The largest absolute Gasteiger partial charge is 0.307 e. The Morgan fingerprint density at radius 2 is 1.03 bits per heavy atom. The molecule has 0 saturated carbocycles. The molecule has 0 aromatic heterocycles. The molecule has 3 aliphatic heterocycles. The molecule has 7 rings (SSSR count). The van der Waals surface area contributed by atoms with Gasteiger partial charge in [0.2, 0.25) is 6.71 Å². The van der Waals surface area contributed by atoms with Crippen molar-refractivity contribution in [2.24, 2.45) is 0 Å². The lowest BCUT2D eigenvalue weighted by Crippen LogP contribution is -2.58. The molecular formula is C28H10BN5S2. The quantitative estimate of drug-likeness (QED) is 0.314. The lowest BCUT2D eigenvalue weighted by molar-refractivity contribution is 1.07. The van der Waals surface area contributed by atoms with Gasteiger partial charge in [-0.2, -0.15) is 21.0 Å². The van der Waals surface area contributed by atoms with Gasteiger partial charge in [0.15, 0.2) is 0 Å². The van der Waals surface area contributed by atoms with Gasteiger partial charge in [-0.05, 0) is 29.1 Å². The zero-order valence-electron chi connectivity index (χ0n) is 18.4. The standard InChI is InChI=1S/C28H10BN5S2/c30-11-15-6-8-20-22-25(15)35-27-17(13-32)10-18(14-33)28-24(27)34(22)23-21(9-7-16(12-31)26(23)36-28)29(20)19-4-2-1-3-5-19/h1-10H. The zero-order chi connectivity index (χ0) is 24.6. The van der Waals surface area contributed by atoms with Gasteiger partial charge in [-0.1, -0.05) is 71.5 Å². The van der Waals surface area contributed by atoms with Crippen molar-refractivity contribution in [2.45, 2.75) is 19.6 Å². The third kappa shape index (κ3) is 2.50. The molecule has 0 fully saturated rings. The van der Waals surface area contributed by atoms with E-state index in [1.165, 1.54) is 23.5 Å². The van der Waals surface area contributed by atoms with E-state index in [1.807, 2.05) is 42.5 Å². The molecule has 0 unspecified atom stereocenters. The van der Waals surface area contributed by atoms with Crippen molar-refractivity contribution in [3.8, 4) is 24.3 Å². The first-order valence-corrected chi connectivity index (χ1v) is 12.7. The van der Waals surface area contributed by atoms with E-state index in [0.717, 1.165) is 53.0 Å². The van der Waals surface area contributed by atoms with Gasteiger partial charge in [0, 0.05) is 0 Å². The summed E-state index contributed by atoms with van der Waals surface area (Å²) < 4.78 is 0. The smallest absolute Gasteiger partial charge is 0.246 e. The Labute approximate surface area is 215 Å². The predicted molar refractivity (Wildman–Crippen MR) is 139 cm³/mol. The van der Waals surface area contributed by atoms with Crippen LogP contribution >= 0.6 is 23.5 Å². The van der Waals surface area contributed by atoms with Gasteiger partial charge in [-0.25, -0.2) is 0 Å². The Kier molecular flexibility index (Phi) is 4.29. The van der Waals surface area contributed by atoms with Crippen LogP contribution in [0.4, 0.5) is 17.1 Å². The molecule has 3 heterocycles. The van der Waals surface area contributed by atoms with Crippen LogP contribution in [0.15, 0.2) is 80.2 Å². The van der Waals surface area contributed by atoms with Crippen molar-refractivity contribution in [1.82, 2.24) is 0 Å². The zero-order valence-corrected chi connectivity index (χ0v) is 20.0. The SMILES string of the molecule is N#Cc1ccc2c3c1Sc1c(C#N)cc(C#N)c4c1N3c1c(ccc(C#N)c1S4)B2c1ccccc1. The molecule has 8 heteroatoms. The second-order valence-corrected chi connectivity index (χ2v) is 10.6. The van der Waals surface area contributed by atoms with Gasteiger partial charge in [0.25, 0.3) is 0 Å². The van der Waals surface area contributed by atoms with Crippen molar-refractivity contribution in [2.75, 3.05) is 4.90 Å². The maximum absolute atomic E-state index is 10.0. The number of anilines is 3. The van der Waals surface area contributed by atoms with Crippen molar-refractivity contribution in [3.05, 3.63) is 82.9 Å². The van der Waals surface area contributed by atoms with Crippen molar-refractivity contribution >= 4 is 63.7 Å². The predicted octanol–water partition coefficient (Wildman–Crippen LogP) is 4.40. The van der Waals surface area contributed by atoms with E-state index in [0.29, 0.717) is 22.3 Å². The molecule has 0 spiro atoms. The summed E-state index contributed by atoms with van der Waals surface area (Å²) in [6.07, 6.45) is 0. The van der Waals surface area contributed by atoms with E-state index in [2.05, 4.69) is 41.3 Å². The Hall–Kier alpha value is -4.60. The second-order valence-electron chi connectivity index (χ2n) is 8.57. The molecule has 0 aliphatic carbocycles. The maximum Gasteiger partial charge on any atom is 0.246 e. The molecule has 0 bridgehead atoms. The van der Waals surface area contributed by atoms with E-state index in [4.69, 9.17) is 0 Å². The van der Waals surface area contributed by atoms with Gasteiger partial charge < -0.3 is 4.90 Å². The maximum atomic E-state index is 10.0. The molecule has 0 saturated heterocycles. The lowest BCUT2D eigenvalue weighted by atomic mass is 9.35. The highest BCUT2D eigenvalue weighted by Crippen LogP contribution is 2.62. The Balaban J connectivity index is 1.69. The third-order valence-electron chi connectivity index (χ3n) is 6.85. The average Bonchev–Trinajstić information content (AvgIpc) is 2.93. The van der Waals surface area contributed by atoms with Crippen LogP contribution in [0, 0.1) is 45.3 Å². The first-order valence-electron chi connectivity index (χ1n) is 11.1. The third-order valence-corrected chi connectivity index (χ3v) is 9.32. The molecule has 4 aromatic carbocycles. The molecule has 0 radical (unpaired) electrons. The fraction of sp³-hybridized carbons (Fsp3) is 0. The minimum atomic E-state index is -0.0932. The topological polar surface area (TPSA) is 98.4 Å². The van der Waals surface area contributed by atoms with Crippen LogP contribution in [0.25, 0.3) is 0 Å². The van der Waals surface area contributed by atoms with Gasteiger partial charge in [0.1, 0.15) is 24.3 Å². The van der Waals surface area contributed by atoms with Gasteiger partial charge in [0.05, 0.1) is 58.9 Å². The van der Waals surface area contributed by atoms with Crippen LogP contribution in [0.3, 0.4) is 0 Å². The minimum absolute atomic E-state index is 0.0932. The number of hydrogen-bond donors (Lipinski definition) is 0. The summed E-state index contributed by atoms with van der Waals surface area (Å²) in [7, 11) is 0. The number of nitriles is 4. The normalized spacial score (nSPS) is 13.1. The fourth-order valence-corrected chi connectivity index (χ4v) is 7.94. The van der Waals surface area contributed by atoms with Crippen LogP contribution < -0.4 is 21.3 Å². The Bertz CT molecular complexity index is 1740. The van der Waals surface area contributed by atoms with E-state index in [-0.39, 0.29) is 6.71 Å². The first kappa shape index (κ1) is 20.8. The van der Waals surface area contributed by atoms with Gasteiger partial charge >= 0.3 is 0 Å². The summed E-state index contributed by atoms with van der Waals surface area (Å²) in [5.74, 6) is 0. The minimum Gasteiger partial charge on any atom is -0.307 e. The summed E-state index contributed by atoms with van der Waals surface area (Å²) in [6, 6.07) is 28.8. The van der Waals surface area contributed by atoms with E-state index < -0.39 is 0 Å². The highest BCUT2D eigenvalue weighted by atomic mass is 32.2. The highest BCUT2D eigenvalue weighted by molar-refractivity contribution is 8.01. The molecule has 4 aromatic rings. The van der Waals surface area contributed by atoms with Crippen molar-refractivity contribution < 1.29 is 0 Å². The summed E-state index contributed by atoms with van der Waals surface area (Å²) in [5, 5.41) is 40.0. The number of benzene rings is 4. The van der Waals surface area contributed by atoms with Crippen LogP contribution in [-0.4, -0.2) is 6.71 Å². The fourth-order valence-electron chi connectivity index (χ4n) is 5.40. The number of nitrogens with zero attached hydrogens (tertiary/aromatic N) is 5. The van der Waals surface area contributed by atoms with Crippen LogP contribution in [-0.2, 0) is 0 Å². The second kappa shape index (κ2) is 7.45. The molecule has 3 aliphatic rings. The highest BCUT2D eigenvalue weighted by Gasteiger charge is 2.46. The van der Waals surface area contributed by atoms with E-state index in [1.54, 1.807) is 6.07 Å². The molecule has 0 amide bonds. The molecule has 0 atom stereocenters. The molecule has 5 nitrogen and oxygen atoms in total. The summed E-state index contributed by atoms with van der Waals surface area (Å²) in [5.41, 5.74) is 7.67. The van der Waals surface area contributed by atoms with E-state index in [9.17, 15) is 21.0 Å². The Morgan fingerprint density at radius 3 is 1.50 bits per heavy atom. The van der Waals surface area contributed by atoms with Crippen molar-refractivity contribution in [1.29, 1.82) is 21.0 Å². The molecule has 162 valence electrons. The number of rotatable bonds is 1. The summed E-state index contributed by atoms with van der Waals surface area (Å²) in [4.78, 5) is 5.16. The molecular weight excluding hydrogens is 481 g/mol. The van der Waals surface area contributed by atoms with Crippen LogP contribution in [0.5, 0.6) is 0 Å². The number of hydrogen-bond acceptors (Lipinski definition) is 7. The Morgan fingerprint density at radius 1 is 0.556 bits per heavy atom. The van der Waals surface area contributed by atoms with E-state index >= 15 is 0 Å². The molecule has 36 heavy (non-hydrogen) atoms. The summed E-state index contributed by atoms with van der Waals surface area (Å²) in [6.45, 7) is -0.0932. The lowest BCUT2D eigenvalue weighted by Gasteiger charge is -2.45. The average molecular weight is 491 g/mol.